The molecule has 0 atom stereocenters. The molecule has 14 heavy (non-hydrogen) atoms. The average molecular weight is 233 g/mol. The van der Waals surface area contributed by atoms with Crippen molar-refractivity contribution in [2.24, 2.45) is 0 Å². The van der Waals surface area contributed by atoms with Gasteiger partial charge in [-0.1, -0.05) is 12.8 Å². The standard InChI is InChI=1S/C10H17ClN2S/c11-5-3-1-2-4-6-12-7-10-8-13-9-14-10/h8-9,12H,1-7H2. The van der Waals surface area contributed by atoms with Crippen LogP contribution >= 0.6 is 22.9 Å². The lowest BCUT2D eigenvalue weighted by Gasteiger charge is -2.01. The second-order valence-electron chi connectivity index (χ2n) is 3.25. The van der Waals surface area contributed by atoms with Crippen molar-refractivity contribution in [1.29, 1.82) is 0 Å². The van der Waals surface area contributed by atoms with Gasteiger partial charge in [-0.3, -0.25) is 4.98 Å². The van der Waals surface area contributed by atoms with Crippen molar-refractivity contribution < 1.29 is 0 Å². The first-order valence-corrected chi connectivity index (χ1v) is 6.49. The third kappa shape index (κ3) is 5.58. The lowest BCUT2D eigenvalue weighted by Crippen LogP contribution is -2.13. The molecule has 0 bridgehead atoms. The zero-order valence-corrected chi connectivity index (χ0v) is 9.91. The molecule has 1 rings (SSSR count). The number of thiazole rings is 1. The Labute approximate surface area is 94.7 Å². The van der Waals surface area contributed by atoms with Gasteiger partial charge in [-0.25, -0.2) is 0 Å². The fraction of sp³-hybridized carbons (Fsp3) is 0.700. The summed E-state index contributed by atoms with van der Waals surface area (Å²) in [6.07, 6.45) is 6.85. The van der Waals surface area contributed by atoms with Gasteiger partial charge in [0.05, 0.1) is 5.51 Å². The highest BCUT2D eigenvalue weighted by molar-refractivity contribution is 7.09. The molecule has 0 aliphatic rings. The fourth-order valence-electron chi connectivity index (χ4n) is 1.24. The molecule has 1 heterocycles. The van der Waals surface area contributed by atoms with Crippen molar-refractivity contribution in [2.75, 3.05) is 12.4 Å². The average Bonchev–Trinajstić information content (AvgIpc) is 2.69. The third-order valence-electron chi connectivity index (χ3n) is 2.02. The van der Waals surface area contributed by atoms with Crippen molar-refractivity contribution in [1.82, 2.24) is 10.3 Å². The zero-order chi connectivity index (χ0) is 10.1. The van der Waals surface area contributed by atoms with Crippen LogP contribution in [0.1, 0.15) is 30.6 Å². The SMILES string of the molecule is ClCCCCCCNCc1cncs1. The van der Waals surface area contributed by atoms with Gasteiger partial charge in [-0.05, 0) is 19.4 Å². The van der Waals surface area contributed by atoms with E-state index in [1.54, 1.807) is 11.3 Å². The summed E-state index contributed by atoms with van der Waals surface area (Å²) in [5.74, 6) is 0.800. The lowest BCUT2D eigenvalue weighted by molar-refractivity contribution is 0.601. The smallest absolute Gasteiger partial charge is 0.0794 e. The molecular weight excluding hydrogens is 216 g/mol. The molecule has 0 spiro atoms. The first-order valence-electron chi connectivity index (χ1n) is 5.07. The van der Waals surface area contributed by atoms with Crippen LogP contribution in [-0.2, 0) is 6.54 Å². The summed E-state index contributed by atoms with van der Waals surface area (Å²) in [6.45, 7) is 2.06. The first-order chi connectivity index (χ1) is 6.93. The third-order valence-corrected chi connectivity index (χ3v) is 3.07. The van der Waals surface area contributed by atoms with Gasteiger partial charge < -0.3 is 5.32 Å². The topological polar surface area (TPSA) is 24.9 Å². The summed E-state index contributed by atoms with van der Waals surface area (Å²) in [5.41, 5.74) is 1.87. The predicted molar refractivity (Wildman–Crippen MR) is 63.0 cm³/mol. The van der Waals surface area contributed by atoms with Crippen molar-refractivity contribution in [3.8, 4) is 0 Å². The molecule has 4 heteroatoms. The Bertz CT molecular complexity index is 214. The summed E-state index contributed by atoms with van der Waals surface area (Å²) in [7, 11) is 0. The van der Waals surface area contributed by atoms with Crippen molar-refractivity contribution >= 4 is 22.9 Å². The van der Waals surface area contributed by atoms with E-state index in [0.717, 1.165) is 25.4 Å². The summed E-state index contributed by atoms with van der Waals surface area (Å²) >= 11 is 7.29. The van der Waals surface area contributed by atoms with Crippen LogP contribution in [0.5, 0.6) is 0 Å². The van der Waals surface area contributed by atoms with Crippen LogP contribution in [0.3, 0.4) is 0 Å². The molecule has 1 N–H and O–H groups in total. The van der Waals surface area contributed by atoms with Crippen LogP contribution in [0, 0.1) is 0 Å². The minimum Gasteiger partial charge on any atom is -0.312 e. The highest BCUT2D eigenvalue weighted by atomic mass is 35.5. The quantitative estimate of drug-likeness (QED) is 0.551. The molecule has 0 amide bonds. The Kier molecular flexibility index (Phi) is 7.01. The molecule has 0 aliphatic heterocycles. The highest BCUT2D eigenvalue weighted by Gasteiger charge is 1.93. The summed E-state index contributed by atoms with van der Waals surface area (Å²) in [5, 5.41) is 3.40. The van der Waals surface area contributed by atoms with Crippen LogP contribution in [0.2, 0.25) is 0 Å². The molecule has 80 valence electrons. The van der Waals surface area contributed by atoms with Crippen LogP contribution in [0.4, 0.5) is 0 Å². The Balaban J connectivity index is 1.85. The number of hydrogen-bond donors (Lipinski definition) is 1. The number of nitrogens with one attached hydrogen (secondary N) is 1. The van der Waals surface area contributed by atoms with Gasteiger partial charge in [0, 0.05) is 23.5 Å². The minimum absolute atomic E-state index is 0.800. The number of alkyl halides is 1. The number of halogens is 1. The molecule has 0 aliphatic carbocycles. The summed E-state index contributed by atoms with van der Waals surface area (Å²) in [6, 6.07) is 0. The van der Waals surface area contributed by atoms with Crippen LogP contribution in [-0.4, -0.2) is 17.4 Å². The molecular formula is C10H17ClN2S. The van der Waals surface area contributed by atoms with Crippen LogP contribution in [0.15, 0.2) is 11.7 Å². The number of nitrogens with zero attached hydrogens (tertiary/aromatic N) is 1. The highest BCUT2D eigenvalue weighted by Crippen LogP contribution is 2.04. The van der Waals surface area contributed by atoms with Crippen LogP contribution in [0.25, 0.3) is 0 Å². The van der Waals surface area contributed by atoms with E-state index in [9.17, 15) is 0 Å². The maximum atomic E-state index is 5.59. The van der Waals surface area contributed by atoms with E-state index < -0.39 is 0 Å². The first kappa shape index (κ1) is 12.0. The zero-order valence-electron chi connectivity index (χ0n) is 8.34. The van der Waals surface area contributed by atoms with E-state index in [2.05, 4.69) is 10.3 Å². The second-order valence-corrected chi connectivity index (χ2v) is 4.60. The molecule has 2 nitrogen and oxygen atoms in total. The maximum Gasteiger partial charge on any atom is 0.0794 e. The molecule has 0 fully saturated rings. The van der Waals surface area contributed by atoms with Gasteiger partial charge in [-0.15, -0.1) is 22.9 Å². The minimum atomic E-state index is 0.800. The number of aromatic nitrogens is 1. The van der Waals surface area contributed by atoms with Crippen molar-refractivity contribution in [2.45, 2.75) is 32.2 Å². The molecule has 1 aromatic rings. The van der Waals surface area contributed by atoms with Gasteiger partial charge >= 0.3 is 0 Å². The van der Waals surface area contributed by atoms with Crippen LogP contribution < -0.4 is 5.32 Å². The van der Waals surface area contributed by atoms with Crippen molar-refractivity contribution in [3.05, 3.63) is 16.6 Å². The van der Waals surface area contributed by atoms with E-state index in [-0.39, 0.29) is 0 Å². The monoisotopic (exact) mass is 232 g/mol. The molecule has 0 unspecified atom stereocenters. The Morgan fingerprint density at radius 2 is 2.14 bits per heavy atom. The normalized spacial score (nSPS) is 10.6. The van der Waals surface area contributed by atoms with Gasteiger partial charge in [0.25, 0.3) is 0 Å². The van der Waals surface area contributed by atoms with E-state index >= 15 is 0 Å². The van der Waals surface area contributed by atoms with Crippen molar-refractivity contribution in [3.63, 3.8) is 0 Å². The van der Waals surface area contributed by atoms with Gasteiger partial charge in [0.15, 0.2) is 0 Å². The largest absolute Gasteiger partial charge is 0.312 e. The van der Waals surface area contributed by atoms with E-state index in [1.165, 1.54) is 24.1 Å². The molecule has 0 saturated heterocycles. The maximum absolute atomic E-state index is 5.59. The Morgan fingerprint density at radius 1 is 1.29 bits per heavy atom. The number of rotatable bonds is 8. The second kappa shape index (κ2) is 8.21. The van der Waals surface area contributed by atoms with Gasteiger partial charge in [0.1, 0.15) is 0 Å². The Morgan fingerprint density at radius 3 is 2.86 bits per heavy atom. The number of unbranched alkanes of at least 4 members (excludes halogenated alkanes) is 3. The predicted octanol–water partition coefficient (Wildman–Crippen LogP) is 3.03. The van der Waals surface area contributed by atoms with E-state index in [1.807, 2.05) is 11.7 Å². The van der Waals surface area contributed by atoms with E-state index in [0.29, 0.717) is 0 Å². The summed E-state index contributed by atoms with van der Waals surface area (Å²) in [4.78, 5) is 5.34. The fourth-order valence-corrected chi connectivity index (χ4v) is 1.99. The van der Waals surface area contributed by atoms with Gasteiger partial charge in [-0.2, -0.15) is 0 Å². The van der Waals surface area contributed by atoms with Gasteiger partial charge in [0.2, 0.25) is 0 Å². The molecule has 0 radical (unpaired) electrons. The Hall–Kier alpha value is -0.120. The van der Waals surface area contributed by atoms with E-state index in [4.69, 9.17) is 11.6 Å². The molecule has 1 aromatic heterocycles. The molecule has 0 aromatic carbocycles. The lowest BCUT2D eigenvalue weighted by atomic mass is 10.2. The summed E-state index contributed by atoms with van der Waals surface area (Å²) < 4.78 is 0. The molecule has 0 saturated carbocycles. The number of hydrogen-bond acceptors (Lipinski definition) is 3.